The van der Waals surface area contributed by atoms with Gasteiger partial charge in [0.2, 0.25) is 0 Å². The molecule has 3 N–H and O–H groups in total. The van der Waals surface area contributed by atoms with Gasteiger partial charge in [-0.25, -0.2) is 0 Å². The van der Waals surface area contributed by atoms with Crippen molar-refractivity contribution in [1.29, 1.82) is 5.41 Å². The van der Waals surface area contributed by atoms with E-state index in [1.165, 1.54) is 11.1 Å². The van der Waals surface area contributed by atoms with Crippen molar-refractivity contribution in [2.45, 2.75) is 13.1 Å². The number of primary amides is 1. The van der Waals surface area contributed by atoms with E-state index in [1.54, 1.807) is 0 Å². The molecule has 0 aliphatic carbocycles. The van der Waals surface area contributed by atoms with Crippen LogP contribution in [0.4, 0.5) is 0 Å². The summed E-state index contributed by atoms with van der Waals surface area (Å²) in [6, 6.07) is 7.97. The highest BCUT2D eigenvalue weighted by atomic mass is 35.5. The van der Waals surface area contributed by atoms with E-state index in [0.717, 1.165) is 6.21 Å². The number of amides is 1. The van der Waals surface area contributed by atoms with Gasteiger partial charge in [-0.05, 0) is 11.1 Å². The second-order valence-corrected chi connectivity index (χ2v) is 4.21. The summed E-state index contributed by atoms with van der Waals surface area (Å²) in [5, 5.41) is 7.25. The second kappa shape index (κ2) is 4.59. The van der Waals surface area contributed by atoms with Crippen LogP contribution in [0.15, 0.2) is 35.0 Å². The molecule has 0 fully saturated rings. The maximum Gasteiger partial charge on any atom is 0.262 e. The Hall–Kier alpha value is -1.81. The van der Waals surface area contributed by atoms with Crippen LogP contribution in [-0.4, -0.2) is 17.0 Å². The van der Waals surface area contributed by atoms with Gasteiger partial charge >= 0.3 is 0 Å². The quantitative estimate of drug-likeness (QED) is 0.631. The minimum Gasteiger partial charge on any atom is -0.365 e. The van der Waals surface area contributed by atoms with Crippen LogP contribution in [0.2, 0.25) is 0 Å². The minimum absolute atomic E-state index is 0.0900. The third kappa shape index (κ3) is 2.17. The normalized spacial score (nSPS) is 15.2. The van der Waals surface area contributed by atoms with E-state index in [1.807, 2.05) is 29.2 Å². The molecule has 1 aromatic rings. The molecule has 1 amide bonds. The second-order valence-electron chi connectivity index (χ2n) is 3.83. The van der Waals surface area contributed by atoms with Crippen molar-refractivity contribution in [3.8, 4) is 0 Å². The predicted molar refractivity (Wildman–Crippen MR) is 66.5 cm³/mol. The third-order valence-electron chi connectivity index (χ3n) is 2.76. The molecule has 5 heteroatoms. The number of carbonyl (C=O) groups is 1. The molecule has 88 valence electrons. The smallest absolute Gasteiger partial charge is 0.262 e. The first-order chi connectivity index (χ1) is 8.13. The van der Waals surface area contributed by atoms with Gasteiger partial charge in [0.15, 0.2) is 0 Å². The van der Waals surface area contributed by atoms with E-state index in [0.29, 0.717) is 18.8 Å². The van der Waals surface area contributed by atoms with E-state index in [9.17, 15) is 4.79 Å². The summed E-state index contributed by atoms with van der Waals surface area (Å²) >= 11 is 5.82. The van der Waals surface area contributed by atoms with Gasteiger partial charge in [0.1, 0.15) is 5.03 Å². The zero-order chi connectivity index (χ0) is 12.4. The Kier molecular flexibility index (Phi) is 3.15. The molecular formula is C12H12ClN3O. The Morgan fingerprint density at radius 3 is 2.29 bits per heavy atom. The zero-order valence-corrected chi connectivity index (χ0v) is 9.87. The number of nitrogens with zero attached hydrogens (tertiary/aromatic N) is 1. The van der Waals surface area contributed by atoms with Crippen molar-refractivity contribution < 1.29 is 4.79 Å². The van der Waals surface area contributed by atoms with E-state index in [4.69, 9.17) is 22.7 Å². The van der Waals surface area contributed by atoms with Crippen LogP contribution < -0.4 is 5.73 Å². The molecule has 1 aliphatic rings. The number of hydrogen-bond acceptors (Lipinski definition) is 3. The highest BCUT2D eigenvalue weighted by Crippen LogP contribution is 2.27. The third-order valence-corrected chi connectivity index (χ3v) is 3.14. The molecule has 0 unspecified atom stereocenters. The lowest BCUT2D eigenvalue weighted by Gasteiger charge is -2.18. The van der Waals surface area contributed by atoms with E-state index >= 15 is 0 Å². The molecule has 17 heavy (non-hydrogen) atoms. The maximum absolute atomic E-state index is 11.0. The Bertz CT molecular complexity index is 485. The van der Waals surface area contributed by atoms with Crippen LogP contribution in [0, 0.1) is 5.41 Å². The van der Waals surface area contributed by atoms with Gasteiger partial charge in [0.25, 0.3) is 5.91 Å². The molecule has 0 bridgehead atoms. The van der Waals surface area contributed by atoms with Crippen LogP contribution in [0.3, 0.4) is 0 Å². The first-order valence-corrected chi connectivity index (χ1v) is 5.53. The predicted octanol–water partition coefficient (Wildman–Crippen LogP) is 1.59. The van der Waals surface area contributed by atoms with Crippen molar-refractivity contribution in [1.82, 2.24) is 4.90 Å². The fourth-order valence-corrected chi connectivity index (χ4v) is 2.10. The Labute approximate surface area is 104 Å². The summed E-state index contributed by atoms with van der Waals surface area (Å²) in [6.07, 6.45) is 1.07. The molecule has 1 aliphatic heterocycles. The molecule has 1 aromatic carbocycles. The lowest BCUT2D eigenvalue weighted by molar-refractivity contribution is -0.114. The Balaban J connectivity index is 2.31. The topological polar surface area (TPSA) is 70.2 Å². The number of halogens is 1. The summed E-state index contributed by atoms with van der Waals surface area (Å²) in [6.45, 7) is 1.29. The average Bonchev–Trinajstić information content (AvgIpc) is 2.72. The first kappa shape index (κ1) is 11.7. The first-order valence-electron chi connectivity index (χ1n) is 5.15. The molecule has 0 aromatic heterocycles. The number of hydrogen-bond donors (Lipinski definition) is 2. The summed E-state index contributed by atoms with van der Waals surface area (Å²) in [5.74, 6) is -0.707. The standard InChI is InChI=1S/C12H12ClN3O/c13-11(12(15)17)10(5-14)16-6-8-3-1-2-4-9(8)7-16/h1-5,14H,6-7H2,(H2,15,17)/b11-10-,14-5?. The molecule has 1 heterocycles. The fourth-order valence-electron chi connectivity index (χ4n) is 1.92. The number of nitrogens with one attached hydrogen (secondary N) is 1. The van der Waals surface area contributed by atoms with Crippen molar-refractivity contribution in [3.05, 3.63) is 46.1 Å². The van der Waals surface area contributed by atoms with Crippen LogP contribution in [0.1, 0.15) is 11.1 Å². The molecule has 4 nitrogen and oxygen atoms in total. The molecule has 0 atom stereocenters. The van der Waals surface area contributed by atoms with Gasteiger partial charge in [-0.3, -0.25) is 4.79 Å². The van der Waals surface area contributed by atoms with Crippen LogP contribution in [-0.2, 0) is 17.9 Å². The van der Waals surface area contributed by atoms with Crippen LogP contribution in [0.5, 0.6) is 0 Å². The van der Waals surface area contributed by atoms with E-state index < -0.39 is 5.91 Å². The number of benzene rings is 1. The summed E-state index contributed by atoms with van der Waals surface area (Å²) in [7, 11) is 0. The van der Waals surface area contributed by atoms with Gasteiger partial charge in [-0.2, -0.15) is 0 Å². The summed E-state index contributed by atoms with van der Waals surface area (Å²) in [4.78, 5) is 12.9. The number of nitrogens with two attached hydrogens (primary N) is 1. The van der Waals surface area contributed by atoms with Gasteiger partial charge < -0.3 is 16.0 Å². The Morgan fingerprint density at radius 2 is 1.88 bits per heavy atom. The molecule has 0 saturated carbocycles. The molecular weight excluding hydrogens is 238 g/mol. The lowest BCUT2D eigenvalue weighted by atomic mass is 10.1. The highest BCUT2D eigenvalue weighted by molar-refractivity contribution is 6.43. The number of allylic oxidation sites excluding steroid dienone is 1. The number of carbonyl (C=O) groups excluding carboxylic acids is 1. The minimum atomic E-state index is -0.707. The van der Waals surface area contributed by atoms with Crippen LogP contribution in [0.25, 0.3) is 0 Å². The van der Waals surface area contributed by atoms with Crippen LogP contribution >= 0.6 is 11.6 Å². The molecule has 2 rings (SSSR count). The average molecular weight is 250 g/mol. The molecule has 0 saturated heterocycles. The molecule has 0 radical (unpaired) electrons. The SMILES string of the molecule is N=C/C(=C(/Cl)C(N)=O)N1Cc2ccccc2C1. The van der Waals surface area contributed by atoms with Gasteiger partial charge in [-0.15, -0.1) is 0 Å². The monoisotopic (exact) mass is 249 g/mol. The highest BCUT2D eigenvalue weighted by Gasteiger charge is 2.22. The molecule has 0 spiro atoms. The van der Waals surface area contributed by atoms with E-state index in [2.05, 4.69) is 0 Å². The van der Waals surface area contributed by atoms with Gasteiger partial charge in [-0.1, -0.05) is 35.9 Å². The van der Waals surface area contributed by atoms with Crippen molar-refractivity contribution in [2.75, 3.05) is 0 Å². The fraction of sp³-hybridized carbons (Fsp3) is 0.167. The summed E-state index contributed by atoms with van der Waals surface area (Å²) < 4.78 is 0. The van der Waals surface area contributed by atoms with E-state index in [-0.39, 0.29) is 5.03 Å². The number of fused-ring (bicyclic) bond motifs is 1. The maximum atomic E-state index is 11.0. The Morgan fingerprint density at radius 1 is 1.35 bits per heavy atom. The van der Waals surface area contributed by atoms with Crippen molar-refractivity contribution in [2.24, 2.45) is 5.73 Å². The zero-order valence-electron chi connectivity index (χ0n) is 9.11. The van der Waals surface area contributed by atoms with Crippen molar-refractivity contribution in [3.63, 3.8) is 0 Å². The lowest BCUT2D eigenvalue weighted by Crippen LogP contribution is -2.22. The van der Waals surface area contributed by atoms with Crippen molar-refractivity contribution >= 4 is 23.7 Å². The number of rotatable bonds is 3. The van der Waals surface area contributed by atoms with Gasteiger partial charge in [0, 0.05) is 19.3 Å². The van der Waals surface area contributed by atoms with Gasteiger partial charge in [0.05, 0.1) is 5.70 Å². The summed E-state index contributed by atoms with van der Waals surface area (Å²) in [5.41, 5.74) is 7.86. The largest absolute Gasteiger partial charge is 0.365 e.